The molecule has 0 saturated carbocycles. The summed E-state index contributed by atoms with van der Waals surface area (Å²) in [7, 11) is 2.18. The van der Waals surface area contributed by atoms with Gasteiger partial charge in [0.25, 0.3) is 0 Å². The zero-order chi connectivity index (χ0) is 14.4. The normalized spacial score (nSPS) is 17.7. The zero-order valence-corrected chi connectivity index (χ0v) is 12.1. The van der Waals surface area contributed by atoms with Gasteiger partial charge in [-0.3, -0.25) is 15.1 Å². The number of hydrogen-bond acceptors (Lipinski definition) is 4. The molecule has 0 radical (unpaired) electrons. The van der Waals surface area contributed by atoms with E-state index in [2.05, 4.69) is 34.4 Å². The third-order valence-corrected chi connectivity index (χ3v) is 3.77. The fourth-order valence-corrected chi connectivity index (χ4v) is 2.52. The van der Waals surface area contributed by atoms with Crippen LogP contribution in [0.1, 0.15) is 17.5 Å². The average Bonchev–Trinajstić information content (AvgIpc) is 2.66. The summed E-state index contributed by atoms with van der Waals surface area (Å²) in [6.45, 7) is 5.57. The van der Waals surface area contributed by atoms with Crippen molar-refractivity contribution in [3.05, 3.63) is 35.4 Å². The second kappa shape index (κ2) is 7.38. The van der Waals surface area contributed by atoms with Gasteiger partial charge in [-0.2, -0.15) is 0 Å². The highest BCUT2D eigenvalue weighted by atomic mass is 16.2. The monoisotopic (exact) mass is 276 g/mol. The molecular weight excluding hydrogens is 252 g/mol. The van der Waals surface area contributed by atoms with E-state index >= 15 is 0 Å². The van der Waals surface area contributed by atoms with Crippen molar-refractivity contribution in [1.29, 1.82) is 0 Å². The van der Waals surface area contributed by atoms with Crippen molar-refractivity contribution in [3.63, 3.8) is 0 Å². The Hall–Kier alpha value is -1.43. The largest absolute Gasteiger partial charge is 0.305 e. The second-order valence-corrected chi connectivity index (χ2v) is 5.49. The summed E-state index contributed by atoms with van der Waals surface area (Å²) in [5.41, 5.74) is 4.44. The molecule has 0 aliphatic carbocycles. The molecule has 5 nitrogen and oxygen atoms in total. The molecule has 3 N–H and O–H groups in total. The van der Waals surface area contributed by atoms with Crippen molar-refractivity contribution in [2.24, 2.45) is 5.84 Å². The summed E-state index contributed by atoms with van der Waals surface area (Å²) >= 11 is 0. The molecule has 0 atom stereocenters. The molecule has 1 fully saturated rings. The van der Waals surface area contributed by atoms with Crippen LogP contribution in [0.4, 0.5) is 0 Å². The number of nitrogens with two attached hydrogens (primary N) is 1. The summed E-state index contributed by atoms with van der Waals surface area (Å²) in [5, 5.41) is 0. The lowest BCUT2D eigenvalue weighted by molar-refractivity contribution is -0.120. The van der Waals surface area contributed by atoms with E-state index in [0.29, 0.717) is 6.42 Å². The number of amides is 1. The predicted molar refractivity (Wildman–Crippen MR) is 79.9 cm³/mol. The van der Waals surface area contributed by atoms with Gasteiger partial charge >= 0.3 is 0 Å². The Morgan fingerprint density at radius 1 is 1.15 bits per heavy atom. The summed E-state index contributed by atoms with van der Waals surface area (Å²) in [5.74, 6) is 4.93. The Morgan fingerprint density at radius 2 is 1.85 bits per heavy atom. The number of hydrogen-bond donors (Lipinski definition) is 2. The number of nitrogens with zero attached hydrogens (tertiary/aromatic N) is 2. The highest BCUT2D eigenvalue weighted by Crippen LogP contribution is 2.10. The molecule has 1 saturated heterocycles. The SMILES string of the molecule is CN1CCCN(Cc2ccc(CC(=O)NN)cc2)CC1. The molecule has 0 aromatic heterocycles. The molecule has 0 spiro atoms. The van der Waals surface area contributed by atoms with Crippen LogP contribution in [0.25, 0.3) is 0 Å². The van der Waals surface area contributed by atoms with Gasteiger partial charge in [0, 0.05) is 19.6 Å². The van der Waals surface area contributed by atoms with Gasteiger partial charge in [-0.25, -0.2) is 5.84 Å². The number of likely N-dealkylation sites (N-methyl/N-ethyl adjacent to an activating group) is 1. The number of hydrazine groups is 1. The zero-order valence-electron chi connectivity index (χ0n) is 12.1. The molecule has 1 aromatic rings. The first-order valence-corrected chi connectivity index (χ1v) is 7.15. The van der Waals surface area contributed by atoms with Crippen molar-refractivity contribution >= 4 is 5.91 Å². The minimum Gasteiger partial charge on any atom is -0.305 e. The van der Waals surface area contributed by atoms with E-state index in [1.54, 1.807) is 0 Å². The molecule has 0 unspecified atom stereocenters. The lowest BCUT2D eigenvalue weighted by Crippen LogP contribution is -2.31. The van der Waals surface area contributed by atoms with Crippen molar-refractivity contribution < 1.29 is 4.79 Å². The molecule has 0 bridgehead atoms. The van der Waals surface area contributed by atoms with Gasteiger partial charge in [0.05, 0.1) is 6.42 Å². The number of carbonyl (C=O) groups is 1. The topological polar surface area (TPSA) is 61.6 Å². The molecule has 2 rings (SSSR count). The minimum atomic E-state index is -0.159. The van der Waals surface area contributed by atoms with E-state index in [0.717, 1.165) is 31.7 Å². The Morgan fingerprint density at radius 3 is 2.55 bits per heavy atom. The van der Waals surface area contributed by atoms with Crippen LogP contribution in [0.5, 0.6) is 0 Å². The summed E-state index contributed by atoms with van der Waals surface area (Å²) in [6, 6.07) is 8.23. The number of benzene rings is 1. The average molecular weight is 276 g/mol. The first-order chi connectivity index (χ1) is 9.67. The van der Waals surface area contributed by atoms with Gasteiger partial charge in [-0.1, -0.05) is 24.3 Å². The number of carbonyl (C=O) groups excluding carboxylic acids is 1. The fraction of sp³-hybridized carbons (Fsp3) is 0.533. The highest BCUT2D eigenvalue weighted by molar-refractivity contribution is 5.77. The Bertz CT molecular complexity index is 432. The molecule has 1 heterocycles. The molecule has 1 aliphatic heterocycles. The molecule has 1 amide bonds. The molecule has 110 valence electrons. The van der Waals surface area contributed by atoms with Gasteiger partial charge in [0.2, 0.25) is 5.91 Å². The van der Waals surface area contributed by atoms with Crippen molar-refractivity contribution in [3.8, 4) is 0 Å². The molecule has 1 aromatic carbocycles. The molecule has 5 heteroatoms. The standard InChI is InChI=1S/C15H24N4O/c1-18-7-2-8-19(10-9-18)12-14-5-3-13(4-6-14)11-15(20)17-16/h3-6H,2,7-12,16H2,1H3,(H,17,20). The first-order valence-electron chi connectivity index (χ1n) is 7.15. The summed E-state index contributed by atoms with van der Waals surface area (Å²) in [4.78, 5) is 16.1. The highest BCUT2D eigenvalue weighted by Gasteiger charge is 2.12. The lowest BCUT2D eigenvalue weighted by atomic mass is 10.1. The van der Waals surface area contributed by atoms with Crippen molar-refractivity contribution in [2.75, 3.05) is 33.2 Å². The van der Waals surface area contributed by atoms with Crippen LogP contribution in [0.2, 0.25) is 0 Å². The maximum absolute atomic E-state index is 11.2. The Labute approximate surface area is 120 Å². The fourth-order valence-electron chi connectivity index (χ4n) is 2.52. The van der Waals surface area contributed by atoms with E-state index in [9.17, 15) is 4.79 Å². The lowest BCUT2D eigenvalue weighted by Gasteiger charge is -2.20. The van der Waals surface area contributed by atoms with Crippen LogP contribution in [0.3, 0.4) is 0 Å². The van der Waals surface area contributed by atoms with E-state index in [4.69, 9.17) is 5.84 Å². The van der Waals surface area contributed by atoms with Crippen LogP contribution < -0.4 is 11.3 Å². The van der Waals surface area contributed by atoms with Gasteiger partial charge in [-0.15, -0.1) is 0 Å². The van der Waals surface area contributed by atoms with Gasteiger partial charge in [0.1, 0.15) is 0 Å². The second-order valence-electron chi connectivity index (χ2n) is 5.49. The van der Waals surface area contributed by atoms with Crippen LogP contribution >= 0.6 is 0 Å². The maximum Gasteiger partial charge on any atom is 0.238 e. The van der Waals surface area contributed by atoms with E-state index in [1.165, 1.54) is 18.5 Å². The van der Waals surface area contributed by atoms with Crippen molar-refractivity contribution in [2.45, 2.75) is 19.4 Å². The third-order valence-electron chi connectivity index (χ3n) is 3.77. The third kappa shape index (κ3) is 4.59. The molecular formula is C15H24N4O. The molecule has 20 heavy (non-hydrogen) atoms. The van der Waals surface area contributed by atoms with Crippen LogP contribution in [-0.2, 0) is 17.8 Å². The van der Waals surface area contributed by atoms with E-state index < -0.39 is 0 Å². The number of rotatable bonds is 4. The van der Waals surface area contributed by atoms with E-state index in [-0.39, 0.29) is 5.91 Å². The number of nitrogens with one attached hydrogen (secondary N) is 1. The first kappa shape index (κ1) is 15.0. The van der Waals surface area contributed by atoms with E-state index in [1.807, 2.05) is 12.1 Å². The van der Waals surface area contributed by atoms with Gasteiger partial charge < -0.3 is 4.90 Å². The molecule has 1 aliphatic rings. The predicted octanol–water partition coefficient (Wildman–Crippen LogP) is 0.357. The van der Waals surface area contributed by atoms with Crippen molar-refractivity contribution in [1.82, 2.24) is 15.2 Å². The van der Waals surface area contributed by atoms with Gasteiger partial charge in [-0.05, 0) is 37.7 Å². The quantitative estimate of drug-likeness (QED) is 0.473. The van der Waals surface area contributed by atoms with Gasteiger partial charge in [0.15, 0.2) is 0 Å². The van der Waals surface area contributed by atoms with Crippen LogP contribution in [0, 0.1) is 0 Å². The Balaban J connectivity index is 1.88. The summed E-state index contributed by atoms with van der Waals surface area (Å²) < 4.78 is 0. The smallest absolute Gasteiger partial charge is 0.238 e. The van der Waals surface area contributed by atoms with Crippen LogP contribution in [-0.4, -0.2) is 48.9 Å². The Kier molecular flexibility index (Phi) is 5.52. The van der Waals surface area contributed by atoms with Crippen LogP contribution in [0.15, 0.2) is 24.3 Å². The minimum absolute atomic E-state index is 0.159. The maximum atomic E-state index is 11.2. The summed E-state index contributed by atoms with van der Waals surface area (Å²) in [6.07, 6.45) is 1.57.